The highest BCUT2D eigenvalue weighted by Crippen LogP contribution is 2.23. The number of methoxy groups -OCH3 is 1. The van der Waals surface area contributed by atoms with E-state index in [0.29, 0.717) is 0 Å². The van der Waals surface area contributed by atoms with Crippen molar-refractivity contribution in [3.8, 4) is 5.75 Å². The van der Waals surface area contributed by atoms with Crippen LogP contribution in [0.5, 0.6) is 5.75 Å². The SMILES string of the molecule is CCn1ccc2cc(NC(=O)Cn3ccc4cc(OC)ccc43)ccc21. The first kappa shape index (κ1) is 16.3. The maximum absolute atomic E-state index is 12.5. The molecule has 0 fully saturated rings. The van der Waals surface area contributed by atoms with Gasteiger partial charge in [0.15, 0.2) is 0 Å². The van der Waals surface area contributed by atoms with Crippen LogP contribution in [0.3, 0.4) is 0 Å². The number of amides is 1. The van der Waals surface area contributed by atoms with Gasteiger partial charge in [-0.3, -0.25) is 4.79 Å². The van der Waals surface area contributed by atoms with Gasteiger partial charge in [-0.05, 0) is 55.5 Å². The number of benzene rings is 2. The maximum Gasteiger partial charge on any atom is 0.244 e. The zero-order valence-corrected chi connectivity index (χ0v) is 14.9. The van der Waals surface area contributed by atoms with Gasteiger partial charge in [0.1, 0.15) is 12.3 Å². The predicted octanol–water partition coefficient (Wildman–Crippen LogP) is 4.26. The van der Waals surface area contributed by atoms with Gasteiger partial charge in [-0.25, -0.2) is 0 Å². The first-order chi connectivity index (χ1) is 12.7. The number of hydrogen-bond donors (Lipinski definition) is 1. The summed E-state index contributed by atoms with van der Waals surface area (Å²) in [5.74, 6) is 0.764. The Morgan fingerprint density at radius 2 is 1.65 bits per heavy atom. The van der Waals surface area contributed by atoms with Crippen LogP contribution in [0, 0.1) is 0 Å². The summed E-state index contributed by atoms with van der Waals surface area (Å²) >= 11 is 0. The number of carbonyl (C=O) groups excluding carboxylic acids is 1. The van der Waals surface area contributed by atoms with E-state index in [-0.39, 0.29) is 12.5 Å². The lowest BCUT2D eigenvalue weighted by atomic mass is 10.2. The Morgan fingerprint density at radius 1 is 0.962 bits per heavy atom. The molecule has 4 rings (SSSR count). The lowest BCUT2D eigenvalue weighted by Gasteiger charge is -2.09. The number of carbonyl (C=O) groups is 1. The van der Waals surface area contributed by atoms with E-state index in [1.807, 2.05) is 53.2 Å². The molecule has 132 valence electrons. The van der Waals surface area contributed by atoms with Crippen molar-refractivity contribution in [2.45, 2.75) is 20.0 Å². The number of anilines is 1. The Labute approximate surface area is 151 Å². The Morgan fingerprint density at radius 3 is 2.42 bits per heavy atom. The van der Waals surface area contributed by atoms with Crippen LogP contribution in [-0.2, 0) is 17.9 Å². The molecule has 2 aromatic carbocycles. The molecule has 0 aliphatic heterocycles. The van der Waals surface area contributed by atoms with Crippen LogP contribution in [0.1, 0.15) is 6.92 Å². The fraction of sp³-hybridized carbons (Fsp3) is 0.190. The fourth-order valence-electron chi connectivity index (χ4n) is 3.35. The molecule has 0 radical (unpaired) electrons. The average molecular weight is 347 g/mol. The van der Waals surface area contributed by atoms with Crippen molar-refractivity contribution in [2.75, 3.05) is 12.4 Å². The third-order valence-corrected chi connectivity index (χ3v) is 4.69. The number of hydrogen-bond acceptors (Lipinski definition) is 2. The van der Waals surface area contributed by atoms with Crippen LogP contribution in [0.25, 0.3) is 21.8 Å². The molecule has 0 unspecified atom stereocenters. The van der Waals surface area contributed by atoms with Crippen molar-refractivity contribution >= 4 is 33.4 Å². The molecule has 1 amide bonds. The third-order valence-electron chi connectivity index (χ3n) is 4.69. The first-order valence-electron chi connectivity index (χ1n) is 8.69. The molecule has 2 aromatic heterocycles. The highest BCUT2D eigenvalue weighted by atomic mass is 16.5. The largest absolute Gasteiger partial charge is 0.497 e. The molecule has 1 N–H and O–H groups in total. The van der Waals surface area contributed by atoms with E-state index in [4.69, 9.17) is 4.74 Å². The molecule has 26 heavy (non-hydrogen) atoms. The second-order valence-corrected chi connectivity index (χ2v) is 6.29. The number of aromatic nitrogens is 2. The summed E-state index contributed by atoms with van der Waals surface area (Å²) in [4.78, 5) is 12.5. The van der Waals surface area contributed by atoms with E-state index in [0.717, 1.165) is 34.3 Å². The monoisotopic (exact) mass is 347 g/mol. The Bertz CT molecular complexity index is 1090. The number of rotatable bonds is 5. The van der Waals surface area contributed by atoms with Crippen LogP contribution in [-0.4, -0.2) is 22.2 Å². The van der Waals surface area contributed by atoms with Crippen LogP contribution < -0.4 is 10.1 Å². The van der Waals surface area contributed by atoms with Gasteiger partial charge in [-0.2, -0.15) is 0 Å². The zero-order valence-electron chi connectivity index (χ0n) is 14.9. The van der Waals surface area contributed by atoms with E-state index in [1.54, 1.807) is 7.11 Å². The zero-order chi connectivity index (χ0) is 18.1. The molecule has 0 spiro atoms. The van der Waals surface area contributed by atoms with Gasteiger partial charge in [0, 0.05) is 46.4 Å². The van der Waals surface area contributed by atoms with Gasteiger partial charge >= 0.3 is 0 Å². The van der Waals surface area contributed by atoms with Gasteiger partial charge in [0.25, 0.3) is 0 Å². The van der Waals surface area contributed by atoms with E-state index in [1.165, 1.54) is 5.52 Å². The molecule has 4 aromatic rings. The fourth-order valence-corrected chi connectivity index (χ4v) is 3.35. The molecule has 0 bridgehead atoms. The normalized spacial score (nSPS) is 11.2. The summed E-state index contributed by atoms with van der Waals surface area (Å²) < 4.78 is 9.37. The van der Waals surface area contributed by atoms with Crippen molar-refractivity contribution in [3.05, 3.63) is 60.9 Å². The molecule has 0 atom stereocenters. The Balaban J connectivity index is 1.52. The minimum absolute atomic E-state index is 0.0485. The number of aryl methyl sites for hydroxylation is 1. The number of ether oxygens (including phenoxy) is 1. The number of nitrogens with zero attached hydrogens (tertiary/aromatic N) is 2. The molecular weight excluding hydrogens is 326 g/mol. The van der Waals surface area contributed by atoms with Crippen LogP contribution in [0.2, 0.25) is 0 Å². The molecule has 2 heterocycles. The van der Waals surface area contributed by atoms with Crippen LogP contribution >= 0.6 is 0 Å². The van der Waals surface area contributed by atoms with Gasteiger partial charge in [0.05, 0.1) is 7.11 Å². The molecule has 0 aliphatic carbocycles. The smallest absolute Gasteiger partial charge is 0.244 e. The molecule has 5 nitrogen and oxygen atoms in total. The summed E-state index contributed by atoms with van der Waals surface area (Å²) in [5.41, 5.74) is 3.00. The second-order valence-electron chi connectivity index (χ2n) is 6.29. The predicted molar refractivity (Wildman–Crippen MR) is 105 cm³/mol. The molecular formula is C21H21N3O2. The summed E-state index contributed by atoms with van der Waals surface area (Å²) in [5, 5.41) is 5.18. The summed E-state index contributed by atoms with van der Waals surface area (Å²) in [6.45, 7) is 3.32. The third kappa shape index (κ3) is 2.92. The molecule has 0 aliphatic rings. The van der Waals surface area contributed by atoms with Crippen molar-refractivity contribution in [1.82, 2.24) is 9.13 Å². The maximum atomic E-state index is 12.5. The van der Waals surface area contributed by atoms with Gasteiger partial charge in [-0.15, -0.1) is 0 Å². The number of nitrogens with one attached hydrogen (secondary N) is 1. The molecule has 0 saturated carbocycles. The Kier molecular flexibility index (Phi) is 4.13. The first-order valence-corrected chi connectivity index (χ1v) is 8.69. The van der Waals surface area contributed by atoms with Crippen LogP contribution in [0.15, 0.2) is 60.9 Å². The average Bonchev–Trinajstić information content (AvgIpc) is 3.24. The van der Waals surface area contributed by atoms with Crippen LogP contribution in [0.4, 0.5) is 5.69 Å². The topological polar surface area (TPSA) is 48.2 Å². The van der Waals surface area contributed by atoms with Crippen molar-refractivity contribution in [2.24, 2.45) is 0 Å². The van der Waals surface area contributed by atoms with Crippen molar-refractivity contribution < 1.29 is 9.53 Å². The van der Waals surface area contributed by atoms with E-state index in [2.05, 4.69) is 29.1 Å². The number of fused-ring (bicyclic) bond motifs is 2. The van der Waals surface area contributed by atoms with Crippen molar-refractivity contribution in [1.29, 1.82) is 0 Å². The van der Waals surface area contributed by atoms with E-state index >= 15 is 0 Å². The van der Waals surface area contributed by atoms with Gasteiger partial charge in [0.2, 0.25) is 5.91 Å². The van der Waals surface area contributed by atoms with Gasteiger partial charge < -0.3 is 19.2 Å². The highest BCUT2D eigenvalue weighted by Gasteiger charge is 2.09. The van der Waals surface area contributed by atoms with Crippen molar-refractivity contribution in [3.63, 3.8) is 0 Å². The summed E-state index contributed by atoms with van der Waals surface area (Å²) in [6, 6.07) is 15.9. The highest BCUT2D eigenvalue weighted by molar-refractivity contribution is 5.94. The van der Waals surface area contributed by atoms with E-state index in [9.17, 15) is 4.79 Å². The summed E-state index contributed by atoms with van der Waals surface area (Å²) in [6.07, 6.45) is 3.99. The quantitative estimate of drug-likeness (QED) is 0.586. The lowest BCUT2D eigenvalue weighted by molar-refractivity contribution is -0.116. The standard InChI is InChI=1S/C21H21N3O2/c1-3-23-10-8-15-12-17(4-6-19(15)23)22-21(25)14-24-11-9-16-13-18(26-2)5-7-20(16)24/h4-13H,3,14H2,1-2H3,(H,22,25). The lowest BCUT2D eigenvalue weighted by Crippen LogP contribution is -2.18. The minimum Gasteiger partial charge on any atom is -0.497 e. The second kappa shape index (κ2) is 6.59. The Hall–Kier alpha value is -3.21. The summed E-state index contributed by atoms with van der Waals surface area (Å²) in [7, 11) is 1.65. The molecule has 5 heteroatoms. The minimum atomic E-state index is -0.0485. The van der Waals surface area contributed by atoms with E-state index < -0.39 is 0 Å². The van der Waals surface area contributed by atoms with Gasteiger partial charge in [-0.1, -0.05) is 0 Å². The molecule has 0 saturated heterocycles.